The Bertz CT molecular complexity index is 166. The zero-order chi connectivity index (χ0) is 6.69. The number of oxazole rings is 1. The maximum Gasteiger partial charge on any atom is 0.193 e. The van der Waals surface area contributed by atoms with Crippen LogP contribution >= 0.6 is 15.9 Å². The van der Waals surface area contributed by atoms with Crippen LogP contribution in [-0.2, 0) is 11.8 Å². The first-order chi connectivity index (χ1) is 4.36. The van der Waals surface area contributed by atoms with Crippen LogP contribution in [-0.4, -0.2) is 4.98 Å². The first-order valence-electron chi connectivity index (χ1n) is 2.86. The van der Waals surface area contributed by atoms with E-state index in [0.29, 0.717) is 0 Å². The monoisotopic (exact) mass is 189 g/mol. The molecule has 0 radical (unpaired) electrons. The Labute approximate surface area is 62.4 Å². The summed E-state index contributed by atoms with van der Waals surface area (Å²) in [4.78, 5) is 4.13. The number of rotatable bonds is 2. The van der Waals surface area contributed by atoms with Crippen LogP contribution in [0.1, 0.15) is 18.5 Å². The Hall–Kier alpha value is -0.310. The van der Waals surface area contributed by atoms with E-state index in [1.165, 1.54) is 0 Å². The van der Waals surface area contributed by atoms with E-state index in [1.54, 1.807) is 6.26 Å². The predicted octanol–water partition coefficient (Wildman–Crippen LogP) is 2.13. The SMILES string of the molecule is CCc1nc(CBr)co1. The summed E-state index contributed by atoms with van der Waals surface area (Å²) in [5.41, 5.74) is 0.965. The van der Waals surface area contributed by atoms with Crippen LogP contribution in [0.3, 0.4) is 0 Å². The van der Waals surface area contributed by atoms with Crippen LogP contribution < -0.4 is 0 Å². The highest BCUT2D eigenvalue weighted by molar-refractivity contribution is 9.08. The van der Waals surface area contributed by atoms with Gasteiger partial charge in [-0.3, -0.25) is 0 Å². The van der Waals surface area contributed by atoms with Crippen molar-refractivity contribution in [2.24, 2.45) is 0 Å². The minimum atomic E-state index is 0.774. The highest BCUT2D eigenvalue weighted by Crippen LogP contribution is 2.05. The van der Waals surface area contributed by atoms with Crippen molar-refractivity contribution in [3.63, 3.8) is 0 Å². The van der Waals surface area contributed by atoms with E-state index in [9.17, 15) is 0 Å². The summed E-state index contributed by atoms with van der Waals surface area (Å²) in [6.07, 6.45) is 2.54. The fourth-order valence-corrected chi connectivity index (χ4v) is 0.830. The van der Waals surface area contributed by atoms with Gasteiger partial charge in [-0.2, -0.15) is 0 Å². The summed E-state index contributed by atoms with van der Waals surface area (Å²) in [6.45, 7) is 2.02. The minimum absolute atomic E-state index is 0.774. The highest BCUT2D eigenvalue weighted by Gasteiger charge is 1.97. The quantitative estimate of drug-likeness (QED) is 0.667. The topological polar surface area (TPSA) is 26.0 Å². The number of hydrogen-bond acceptors (Lipinski definition) is 2. The minimum Gasteiger partial charge on any atom is -0.449 e. The fourth-order valence-electron chi connectivity index (χ4n) is 0.573. The Morgan fingerprint density at radius 2 is 2.56 bits per heavy atom. The molecule has 3 heteroatoms. The van der Waals surface area contributed by atoms with E-state index in [1.807, 2.05) is 6.92 Å². The molecule has 0 atom stereocenters. The summed E-state index contributed by atoms with van der Waals surface area (Å²) in [5.74, 6) is 0.810. The van der Waals surface area contributed by atoms with Gasteiger partial charge in [-0.05, 0) is 0 Å². The van der Waals surface area contributed by atoms with E-state index in [0.717, 1.165) is 23.3 Å². The van der Waals surface area contributed by atoms with Crippen LogP contribution in [0, 0.1) is 0 Å². The summed E-state index contributed by atoms with van der Waals surface area (Å²) >= 11 is 3.28. The van der Waals surface area contributed by atoms with E-state index in [4.69, 9.17) is 4.42 Å². The molecular weight excluding hydrogens is 182 g/mol. The van der Waals surface area contributed by atoms with Gasteiger partial charge in [0.25, 0.3) is 0 Å². The molecule has 1 rings (SSSR count). The van der Waals surface area contributed by atoms with Gasteiger partial charge in [0.05, 0.1) is 5.69 Å². The summed E-state index contributed by atoms with van der Waals surface area (Å²) in [6, 6.07) is 0. The number of nitrogens with zero attached hydrogens (tertiary/aromatic N) is 1. The molecule has 0 aliphatic carbocycles. The van der Waals surface area contributed by atoms with Gasteiger partial charge in [0.1, 0.15) is 6.26 Å². The molecule has 0 aliphatic rings. The molecule has 0 aromatic carbocycles. The molecule has 0 spiro atoms. The number of aromatic nitrogens is 1. The lowest BCUT2D eigenvalue weighted by Gasteiger charge is -1.80. The number of alkyl halides is 1. The average Bonchev–Trinajstić information content (AvgIpc) is 2.34. The van der Waals surface area contributed by atoms with Crippen molar-refractivity contribution in [2.75, 3.05) is 0 Å². The number of aryl methyl sites for hydroxylation is 1. The van der Waals surface area contributed by atoms with Crippen LogP contribution in [0.15, 0.2) is 10.7 Å². The van der Waals surface area contributed by atoms with Crippen molar-refractivity contribution < 1.29 is 4.42 Å². The molecule has 50 valence electrons. The Balaban J connectivity index is 2.74. The maximum atomic E-state index is 5.06. The molecule has 0 fully saturated rings. The first-order valence-corrected chi connectivity index (χ1v) is 3.98. The molecule has 0 unspecified atom stereocenters. The van der Waals surface area contributed by atoms with Crippen molar-refractivity contribution in [1.29, 1.82) is 0 Å². The molecule has 9 heavy (non-hydrogen) atoms. The molecule has 2 nitrogen and oxygen atoms in total. The molecule has 1 aromatic heterocycles. The second-order valence-corrected chi connectivity index (χ2v) is 2.28. The molecule has 0 N–H and O–H groups in total. The van der Waals surface area contributed by atoms with Crippen molar-refractivity contribution in [3.8, 4) is 0 Å². The van der Waals surface area contributed by atoms with Crippen LogP contribution in [0.4, 0.5) is 0 Å². The predicted molar refractivity (Wildman–Crippen MR) is 38.5 cm³/mol. The van der Waals surface area contributed by atoms with Gasteiger partial charge in [0.2, 0.25) is 0 Å². The standard InChI is InChI=1S/C6H8BrNO/c1-2-6-8-5(3-7)4-9-6/h4H,2-3H2,1H3. The van der Waals surface area contributed by atoms with Gasteiger partial charge < -0.3 is 4.42 Å². The molecule has 0 saturated carbocycles. The molecule has 0 bridgehead atoms. The third kappa shape index (κ3) is 1.55. The third-order valence-corrected chi connectivity index (χ3v) is 1.61. The smallest absolute Gasteiger partial charge is 0.193 e. The number of hydrogen-bond donors (Lipinski definition) is 0. The molecule has 1 heterocycles. The maximum absolute atomic E-state index is 5.06. The van der Waals surface area contributed by atoms with Gasteiger partial charge >= 0.3 is 0 Å². The van der Waals surface area contributed by atoms with Crippen LogP contribution in [0.2, 0.25) is 0 Å². The zero-order valence-corrected chi connectivity index (χ0v) is 6.81. The molecular formula is C6H8BrNO. The third-order valence-electron chi connectivity index (χ3n) is 1.04. The zero-order valence-electron chi connectivity index (χ0n) is 5.22. The lowest BCUT2D eigenvalue weighted by Crippen LogP contribution is -1.79. The second-order valence-electron chi connectivity index (χ2n) is 1.72. The Morgan fingerprint density at radius 1 is 1.78 bits per heavy atom. The van der Waals surface area contributed by atoms with Gasteiger partial charge in [-0.15, -0.1) is 0 Å². The first kappa shape index (κ1) is 6.81. The lowest BCUT2D eigenvalue weighted by atomic mass is 10.5. The number of halogens is 1. The van der Waals surface area contributed by atoms with E-state index in [-0.39, 0.29) is 0 Å². The van der Waals surface area contributed by atoms with Gasteiger partial charge in [0, 0.05) is 11.8 Å². The van der Waals surface area contributed by atoms with Crippen molar-refractivity contribution in [1.82, 2.24) is 4.98 Å². The van der Waals surface area contributed by atoms with Crippen molar-refractivity contribution >= 4 is 15.9 Å². The van der Waals surface area contributed by atoms with E-state index >= 15 is 0 Å². The Morgan fingerprint density at radius 3 is 2.89 bits per heavy atom. The summed E-state index contributed by atoms with van der Waals surface area (Å²) in [7, 11) is 0. The van der Waals surface area contributed by atoms with Gasteiger partial charge in [-0.1, -0.05) is 22.9 Å². The van der Waals surface area contributed by atoms with Crippen molar-refractivity contribution in [3.05, 3.63) is 17.8 Å². The van der Waals surface area contributed by atoms with E-state index < -0.39 is 0 Å². The van der Waals surface area contributed by atoms with Crippen molar-refractivity contribution in [2.45, 2.75) is 18.7 Å². The fraction of sp³-hybridized carbons (Fsp3) is 0.500. The summed E-state index contributed by atoms with van der Waals surface area (Å²) < 4.78 is 5.06. The van der Waals surface area contributed by atoms with Crippen LogP contribution in [0.25, 0.3) is 0 Å². The largest absolute Gasteiger partial charge is 0.449 e. The molecule has 1 aromatic rings. The Kier molecular flexibility index (Phi) is 2.28. The molecule has 0 aliphatic heterocycles. The highest BCUT2D eigenvalue weighted by atomic mass is 79.9. The van der Waals surface area contributed by atoms with Crippen LogP contribution in [0.5, 0.6) is 0 Å². The lowest BCUT2D eigenvalue weighted by molar-refractivity contribution is 0.501. The molecule has 0 amide bonds. The van der Waals surface area contributed by atoms with Gasteiger partial charge in [0.15, 0.2) is 5.89 Å². The van der Waals surface area contributed by atoms with E-state index in [2.05, 4.69) is 20.9 Å². The molecule has 0 saturated heterocycles. The summed E-state index contributed by atoms with van der Waals surface area (Å²) in [5, 5.41) is 0.774. The second kappa shape index (κ2) is 3.01. The van der Waals surface area contributed by atoms with Gasteiger partial charge in [-0.25, -0.2) is 4.98 Å². The normalized spacial score (nSPS) is 10.0. The average molecular weight is 190 g/mol.